The van der Waals surface area contributed by atoms with Gasteiger partial charge in [-0.1, -0.05) is 0 Å². The molecule has 1 aromatic carbocycles. The number of benzene rings is 1. The summed E-state index contributed by atoms with van der Waals surface area (Å²) in [5.41, 5.74) is 0.114. The standard InChI is InChI=1S/C10H9N3O5/c1-6(14)9(10(15)16)12-11-7-2-4-8(5-3-7)13(17)18/h2-5,9H,1H3,(H,15,16). The number of non-ortho nitro benzene ring substituents is 1. The molecule has 0 aliphatic carbocycles. The van der Waals surface area contributed by atoms with Gasteiger partial charge in [0.1, 0.15) is 0 Å². The lowest BCUT2D eigenvalue weighted by Crippen LogP contribution is -2.25. The second-order valence-electron chi connectivity index (χ2n) is 3.34. The van der Waals surface area contributed by atoms with E-state index in [0.717, 1.165) is 6.92 Å². The first-order valence-corrected chi connectivity index (χ1v) is 4.80. The van der Waals surface area contributed by atoms with Crippen LogP contribution in [0.25, 0.3) is 0 Å². The van der Waals surface area contributed by atoms with Crippen LogP contribution in [-0.4, -0.2) is 27.8 Å². The Bertz CT molecular complexity index is 495. The quantitative estimate of drug-likeness (QED) is 0.369. The molecule has 1 rings (SSSR count). The van der Waals surface area contributed by atoms with Crippen molar-refractivity contribution in [2.45, 2.75) is 13.0 Å². The number of carbonyl (C=O) groups is 2. The van der Waals surface area contributed by atoms with Crippen LogP contribution in [0.2, 0.25) is 0 Å². The number of carboxylic acid groups (broad SMARTS) is 1. The largest absolute Gasteiger partial charge is 0.479 e. The third-order valence-corrected chi connectivity index (χ3v) is 1.97. The van der Waals surface area contributed by atoms with Crippen molar-refractivity contribution in [3.8, 4) is 0 Å². The summed E-state index contributed by atoms with van der Waals surface area (Å²) in [6.07, 6.45) is 0. The van der Waals surface area contributed by atoms with E-state index in [1.807, 2.05) is 0 Å². The molecule has 18 heavy (non-hydrogen) atoms. The van der Waals surface area contributed by atoms with Crippen LogP contribution in [0.3, 0.4) is 0 Å². The molecule has 0 radical (unpaired) electrons. The first-order chi connectivity index (χ1) is 8.41. The summed E-state index contributed by atoms with van der Waals surface area (Å²) in [7, 11) is 0. The highest BCUT2D eigenvalue weighted by Gasteiger charge is 2.21. The van der Waals surface area contributed by atoms with Crippen LogP contribution in [-0.2, 0) is 9.59 Å². The third-order valence-electron chi connectivity index (χ3n) is 1.97. The van der Waals surface area contributed by atoms with Gasteiger partial charge in [0.15, 0.2) is 5.78 Å². The van der Waals surface area contributed by atoms with Crippen molar-refractivity contribution in [2.75, 3.05) is 0 Å². The van der Waals surface area contributed by atoms with E-state index in [2.05, 4.69) is 10.2 Å². The second-order valence-corrected chi connectivity index (χ2v) is 3.34. The molecule has 0 saturated carbocycles. The summed E-state index contributed by atoms with van der Waals surface area (Å²) in [5, 5.41) is 26.0. The lowest BCUT2D eigenvalue weighted by Gasteiger charge is -2.00. The van der Waals surface area contributed by atoms with Crippen molar-refractivity contribution in [1.29, 1.82) is 0 Å². The van der Waals surface area contributed by atoms with Gasteiger partial charge >= 0.3 is 5.97 Å². The Balaban J connectivity index is 2.86. The first-order valence-electron chi connectivity index (χ1n) is 4.80. The van der Waals surface area contributed by atoms with Gasteiger partial charge in [-0.05, 0) is 19.1 Å². The van der Waals surface area contributed by atoms with Crippen LogP contribution in [0.5, 0.6) is 0 Å². The van der Waals surface area contributed by atoms with E-state index in [9.17, 15) is 19.7 Å². The second kappa shape index (κ2) is 5.62. The fraction of sp³-hybridized carbons (Fsp3) is 0.200. The number of hydrogen-bond acceptors (Lipinski definition) is 6. The molecule has 0 heterocycles. The smallest absolute Gasteiger partial charge is 0.338 e. The van der Waals surface area contributed by atoms with Crippen LogP contribution in [0.15, 0.2) is 34.5 Å². The van der Waals surface area contributed by atoms with Crippen LogP contribution in [0, 0.1) is 10.1 Å². The highest BCUT2D eigenvalue weighted by Crippen LogP contribution is 2.18. The highest BCUT2D eigenvalue weighted by molar-refractivity contribution is 6.01. The Labute approximate surface area is 101 Å². The summed E-state index contributed by atoms with van der Waals surface area (Å²) in [6, 6.07) is 3.47. The Hall–Kier alpha value is -2.64. The summed E-state index contributed by atoms with van der Waals surface area (Å²) in [6.45, 7) is 1.09. The molecule has 0 spiro atoms. The lowest BCUT2D eigenvalue weighted by molar-refractivity contribution is -0.384. The van der Waals surface area contributed by atoms with Crippen LogP contribution in [0.4, 0.5) is 11.4 Å². The molecular formula is C10H9N3O5. The molecule has 0 bridgehead atoms. The molecule has 1 aromatic rings. The SMILES string of the molecule is CC(=O)C(N=Nc1ccc([N+](=O)[O-])cc1)C(=O)O. The van der Waals surface area contributed by atoms with Gasteiger partial charge in [-0.15, -0.1) is 0 Å². The molecule has 1 N–H and O–H groups in total. The lowest BCUT2D eigenvalue weighted by atomic mass is 10.2. The maximum atomic E-state index is 10.9. The van der Waals surface area contributed by atoms with E-state index in [-0.39, 0.29) is 11.4 Å². The van der Waals surface area contributed by atoms with E-state index < -0.39 is 22.7 Å². The number of nitrogens with zero attached hydrogens (tertiary/aromatic N) is 3. The minimum atomic E-state index is -1.56. The number of carbonyl (C=O) groups excluding carboxylic acids is 1. The van der Waals surface area contributed by atoms with E-state index in [1.165, 1.54) is 24.3 Å². The zero-order chi connectivity index (χ0) is 13.7. The summed E-state index contributed by atoms with van der Waals surface area (Å²) in [4.78, 5) is 31.4. The Morgan fingerprint density at radius 3 is 2.28 bits per heavy atom. The van der Waals surface area contributed by atoms with E-state index >= 15 is 0 Å². The number of nitro benzene ring substituents is 1. The van der Waals surface area contributed by atoms with E-state index in [1.54, 1.807) is 0 Å². The van der Waals surface area contributed by atoms with Crippen molar-refractivity contribution in [2.24, 2.45) is 10.2 Å². The van der Waals surface area contributed by atoms with Crippen LogP contribution < -0.4 is 0 Å². The summed E-state index contributed by atoms with van der Waals surface area (Å²) < 4.78 is 0. The fourth-order valence-corrected chi connectivity index (χ4v) is 1.07. The van der Waals surface area contributed by atoms with Crippen LogP contribution in [0.1, 0.15) is 6.92 Å². The van der Waals surface area contributed by atoms with Crippen molar-refractivity contribution in [3.63, 3.8) is 0 Å². The number of carboxylic acids is 1. The van der Waals surface area contributed by atoms with Gasteiger partial charge in [0.25, 0.3) is 5.69 Å². The molecule has 0 aromatic heterocycles. The molecule has 0 aliphatic rings. The first kappa shape index (κ1) is 13.4. The molecule has 94 valence electrons. The molecular weight excluding hydrogens is 242 g/mol. The number of ketones is 1. The monoisotopic (exact) mass is 251 g/mol. The van der Waals surface area contributed by atoms with E-state index in [4.69, 9.17) is 5.11 Å². The molecule has 1 atom stereocenters. The fourth-order valence-electron chi connectivity index (χ4n) is 1.07. The average molecular weight is 251 g/mol. The Kier molecular flexibility index (Phi) is 4.19. The maximum absolute atomic E-state index is 10.9. The average Bonchev–Trinajstić information content (AvgIpc) is 2.28. The maximum Gasteiger partial charge on any atom is 0.338 e. The number of aliphatic carboxylic acids is 1. The topological polar surface area (TPSA) is 122 Å². The summed E-state index contributed by atoms with van der Waals surface area (Å²) >= 11 is 0. The Morgan fingerprint density at radius 2 is 1.89 bits per heavy atom. The zero-order valence-electron chi connectivity index (χ0n) is 9.31. The van der Waals surface area contributed by atoms with Gasteiger partial charge in [0.05, 0.1) is 10.6 Å². The van der Waals surface area contributed by atoms with Gasteiger partial charge in [-0.2, -0.15) is 10.2 Å². The number of hydrogen-bond donors (Lipinski definition) is 1. The third kappa shape index (κ3) is 3.44. The minimum absolute atomic E-state index is 0.115. The number of rotatable bonds is 5. The number of Topliss-reactive ketones (excluding diaryl/α,β-unsaturated/α-hetero) is 1. The predicted octanol–water partition coefficient (Wildman–Crippen LogP) is 1.72. The minimum Gasteiger partial charge on any atom is -0.479 e. The van der Waals surface area contributed by atoms with Crippen molar-refractivity contribution >= 4 is 23.1 Å². The zero-order valence-corrected chi connectivity index (χ0v) is 9.31. The van der Waals surface area contributed by atoms with Gasteiger partial charge < -0.3 is 5.11 Å². The molecule has 0 fully saturated rings. The summed E-state index contributed by atoms with van der Waals surface area (Å²) in [5.74, 6) is -2.04. The van der Waals surface area contributed by atoms with Crippen molar-refractivity contribution in [3.05, 3.63) is 34.4 Å². The normalized spacial score (nSPS) is 12.3. The highest BCUT2D eigenvalue weighted by atomic mass is 16.6. The molecule has 0 saturated heterocycles. The van der Waals surface area contributed by atoms with Gasteiger partial charge in [-0.25, -0.2) is 4.79 Å². The molecule has 8 nitrogen and oxygen atoms in total. The van der Waals surface area contributed by atoms with Gasteiger partial charge in [0.2, 0.25) is 6.04 Å². The number of nitro groups is 1. The van der Waals surface area contributed by atoms with E-state index in [0.29, 0.717) is 0 Å². The van der Waals surface area contributed by atoms with Crippen LogP contribution >= 0.6 is 0 Å². The number of azo groups is 1. The van der Waals surface area contributed by atoms with Gasteiger partial charge in [-0.3, -0.25) is 14.9 Å². The Morgan fingerprint density at radius 1 is 1.33 bits per heavy atom. The molecule has 1 unspecified atom stereocenters. The molecule has 0 aliphatic heterocycles. The van der Waals surface area contributed by atoms with Crippen molar-refractivity contribution < 1.29 is 19.6 Å². The predicted molar refractivity (Wildman–Crippen MR) is 59.7 cm³/mol. The van der Waals surface area contributed by atoms with Gasteiger partial charge in [0, 0.05) is 12.1 Å². The molecule has 8 heteroatoms. The molecule has 0 amide bonds. The van der Waals surface area contributed by atoms with Crippen molar-refractivity contribution in [1.82, 2.24) is 0 Å².